The molecule has 158 valence electrons. The fourth-order valence-electron chi connectivity index (χ4n) is 4.74. The monoisotopic (exact) mass is 413 g/mol. The Morgan fingerprint density at radius 1 is 1.13 bits per heavy atom. The van der Waals surface area contributed by atoms with Gasteiger partial charge in [0, 0.05) is 53.9 Å². The highest BCUT2D eigenvalue weighted by Gasteiger charge is 2.20. The van der Waals surface area contributed by atoms with E-state index in [0.717, 1.165) is 41.4 Å². The van der Waals surface area contributed by atoms with Gasteiger partial charge in [0.15, 0.2) is 0 Å². The van der Waals surface area contributed by atoms with Gasteiger partial charge in [0.1, 0.15) is 0 Å². The van der Waals surface area contributed by atoms with Gasteiger partial charge in [-0.2, -0.15) is 0 Å². The fourth-order valence-corrected chi connectivity index (χ4v) is 4.74. The number of nitrogens with one attached hydrogen (secondary N) is 2. The first-order chi connectivity index (χ1) is 15.2. The van der Waals surface area contributed by atoms with E-state index in [0.29, 0.717) is 12.5 Å². The maximum atomic E-state index is 12.9. The molecule has 6 nitrogen and oxygen atoms in total. The van der Waals surface area contributed by atoms with Crippen molar-refractivity contribution in [2.24, 2.45) is 0 Å². The Labute approximate surface area is 181 Å². The maximum Gasteiger partial charge on any atom is 0.251 e. The van der Waals surface area contributed by atoms with Crippen molar-refractivity contribution in [3.8, 4) is 0 Å². The third-order valence-electron chi connectivity index (χ3n) is 6.28. The van der Waals surface area contributed by atoms with Crippen LogP contribution in [0, 0.1) is 0 Å². The van der Waals surface area contributed by atoms with E-state index < -0.39 is 0 Å². The molecule has 6 heteroatoms. The quantitative estimate of drug-likeness (QED) is 0.507. The number of nitrogens with zero attached hydrogens (tertiary/aromatic N) is 3. The van der Waals surface area contributed by atoms with Gasteiger partial charge < -0.3 is 15.2 Å². The van der Waals surface area contributed by atoms with E-state index in [2.05, 4.69) is 44.2 Å². The van der Waals surface area contributed by atoms with Gasteiger partial charge in [0.2, 0.25) is 5.95 Å². The van der Waals surface area contributed by atoms with E-state index in [1.54, 1.807) is 13.2 Å². The van der Waals surface area contributed by atoms with E-state index in [-0.39, 0.29) is 5.91 Å². The van der Waals surface area contributed by atoms with Gasteiger partial charge in [-0.3, -0.25) is 4.79 Å². The van der Waals surface area contributed by atoms with Crippen LogP contribution in [0.25, 0.3) is 21.8 Å². The van der Waals surface area contributed by atoms with Gasteiger partial charge in [-0.25, -0.2) is 9.97 Å². The highest BCUT2D eigenvalue weighted by molar-refractivity contribution is 5.99. The molecule has 1 aliphatic carbocycles. The molecule has 5 rings (SSSR count). The summed E-state index contributed by atoms with van der Waals surface area (Å²) in [5.41, 5.74) is 6.77. The highest BCUT2D eigenvalue weighted by Crippen LogP contribution is 2.32. The summed E-state index contributed by atoms with van der Waals surface area (Å²) in [7, 11) is 1.80. The maximum absolute atomic E-state index is 12.9. The second-order valence-corrected chi connectivity index (χ2v) is 8.13. The van der Waals surface area contributed by atoms with E-state index >= 15 is 0 Å². The van der Waals surface area contributed by atoms with Crippen LogP contribution in [0.3, 0.4) is 0 Å². The summed E-state index contributed by atoms with van der Waals surface area (Å²) in [6.45, 7) is 3.64. The molecule has 0 aliphatic heterocycles. The van der Waals surface area contributed by atoms with E-state index in [1.807, 2.05) is 24.3 Å². The predicted octanol–water partition coefficient (Wildman–Crippen LogP) is 4.45. The van der Waals surface area contributed by atoms with Crippen molar-refractivity contribution in [1.29, 1.82) is 0 Å². The number of hydrogen-bond donors (Lipinski definition) is 2. The Balaban J connectivity index is 1.37. The number of rotatable bonds is 5. The molecule has 0 saturated carbocycles. The molecule has 0 bridgehead atoms. The minimum atomic E-state index is -0.0439. The Kier molecular flexibility index (Phi) is 5.06. The Morgan fingerprint density at radius 3 is 2.84 bits per heavy atom. The molecule has 0 atom stereocenters. The van der Waals surface area contributed by atoms with Crippen molar-refractivity contribution in [3.05, 3.63) is 65.0 Å². The minimum absolute atomic E-state index is 0.0439. The number of anilines is 1. The standard InChI is InChI=1S/C25H27N5O/c1-3-30-22-7-5-4-6-19(22)20-13-17(9-11-23(20)30)24(31)27-14-16-8-10-21-18(12-16)15-28-25(26-2)29-21/h8-13,15H,3-7,14H2,1-2H3,(H,27,31)(H,26,28,29). The van der Waals surface area contributed by atoms with Crippen molar-refractivity contribution < 1.29 is 4.79 Å². The number of amides is 1. The Bertz CT molecular complexity index is 1290. The van der Waals surface area contributed by atoms with Crippen molar-refractivity contribution in [2.75, 3.05) is 12.4 Å². The molecule has 1 aliphatic rings. The smallest absolute Gasteiger partial charge is 0.251 e. The first kappa shape index (κ1) is 19.5. The number of fused-ring (bicyclic) bond motifs is 4. The van der Waals surface area contributed by atoms with E-state index in [9.17, 15) is 4.79 Å². The first-order valence-electron chi connectivity index (χ1n) is 11.0. The largest absolute Gasteiger partial charge is 0.357 e. The van der Waals surface area contributed by atoms with Crippen LogP contribution in [0.15, 0.2) is 42.6 Å². The molecule has 0 spiro atoms. The highest BCUT2D eigenvalue weighted by atomic mass is 16.1. The number of benzene rings is 2. The minimum Gasteiger partial charge on any atom is -0.357 e. The van der Waals surface area contributed by atoms with Crippen LogP contribution in [0.1, 0.15) is 46.9 Å². The average molecular weight is 414 g/mol. The van der Waals surface area contributed by atoms with Crippen LogP contribution in [0.4, 0.5) is 5.95 Å². The summed E-state index contributed by atoms with van der Waals surface area (Å²) in [4.78, 5) is 21.6. The van der Waals surface area contributed by atoms with Crippen LogP contribution in [-0.2, 0) is 25.9 Å². The van der Waals surface area contributed by atoms with E-state index in [4.69, 9.17) is 0 Å². The lowest BCUT2D eigenvalue weighted by Crippen LogP contribution is -2.22. The first-order valence-corrected chi connectivity index (χ1v) is 11.0. The van der Waals surface area contributed by atoms with Crippen LogP contribution >= 0.6 is 0 Å². The molecule has 31 heavy (non-hydrogen) atoms. The van der Waals surface area contributed by atoms with Gasteiger partial charge in [0.05, 0.1) is 5.52 Å². The second-order valence-electron chi connectivity index (χ2n) is 8.13. The number of aromatic nitrogens is 3. The Hall–Kier alpha value is -3.41. The molecule has 0 saturated heterocycles. The van der Waals surface area contributed by atoms with Crippen LogP contribution in [0.5, 0.6) is 0 Å². The SMILES string of the molecule is CCn1c2c(c3cc(C(=O)NCc4ccc5nc(NC)ncc5c4)ccc31)CCCC2. The number of aryl methyl sites for hydroxylation is 2. The summed E-state index contributed by atoms with van der Waals surface area (Å²) in [5, 5.41) is 8.22. The zero-order valence-electron chi connectivity index (χ0n) is 18.0. The van der Waals surface area contributed by atoms with Crippen molar-refractivity contribution in [2.45, 2.75) is 45.7 Å². The second kappa shape index (κ2) is 8.02. The van der Waals surface area contributed by atoms with Crippen LogP contribution < -0.4 is 10.6 Å². The lowest BCUT2D eigenvalue weighted by molar-refractivity contribution is 0.0951. The third kappa shape index (κ3) is 3.52. The van der Waals surface area contributed by atoms with Crippen LogP contribution in [0.2, 0.25) is 0 Å². The lowest BCUT2D eigenvalue weighted by atomic mass is 9.95. The zero-order valence-corrected chi connectivity index (χ0v) is 18.0. The molecule has 0 fully saturated rings. The van der Waals surface area contributed by atoms with Gasteiger partial charge in [-0.15, -0.1) is 0 Å². The van der Waals surface area contributed by atoms with Gasteiger partial charge in [-0.1, -0.05) is 6.07 Å². The third-order valence-corrected chi connectivity index (χ3v) is 6.28. The number of carbonyl (C=O) groups excluding carboxylic acids is 1. The summed E-state index contributed by atoms with van der Waals surface area (Å²) in [6, 6.07) is 12.1. The van der Waals surface area contributed by atoms with Crippen molar-refractivity contribution in [1.82, 2.24) is 19.9 Å². The number of carbonyl (C=O) groups is 1. The molecule has 2 N–H and O–H groups in total. The van der Waals surface area contributed by atoms with Crippen molar-refractivity contribution >= 4 is 33.7 Å². The fraction of sp³-hybridized carbons (Fsp3) is 0.320. The van der Waals surface area contributed by atoms with E-state index in [1.165, 1.54) is 35.0 Å². The lowest BCUT2D eigenvalue weighted by Gasteiger charge is -2.14. The number of hydrogen-bond acceptors (Lipinski definition) is 4. The summed E-state index contributed by atoms with van der Waals surface area (Å²) >= 11 is 0. The normalized spacial score (nSPS) is 13.4. The molecular formula is C25H27N5O. The van der Waals surface area contributed by atoms with Gasteiger partial charge >= 0.3 is 0 Å². The molecule has 0 unspecified atom stereocenters. The summed E-state index contributed by atoms with van der Waals surface area (Å²) < 4.78 is 2.42. The zero-order chi connectivity index (χ0) is 21.4. The summed E-state index contributed by atoms with van der Waals surface area (Å²) in [5.74, 6) is 0.556. The van der Waals surface area contributed by atoms with Gasteiger partial charge in [-0.05, 0) is 74.1 Å². The van der Waals surface area contributed by atoms with Gasteiger partial charge in [0.25, 0.3) is 5.91 Å². The molecule has 2 aromatic carbocycles. The summed E-state index contributed by atoms with van der Waals surface area (Å²) in [6.07, 6.45) is 6.53. The predicted molar refractivity (Wildman–Crippen MR) is 125 cm³/mol. The van der Waals surface area contributed by atoms with Crippen LogP contribution in [-0.4, -0.2) is 27.5 Å². The molecule has 0 radical (unpaired) electrons. The Morgan fingerprint density at radius 2 is 2.00 bits per heavy atom. The average Bonchev–Trinajstić information content (AvgIpc) is 3.15. The molecule has 1 amide bonds. The molecule has 2 heterocycles. The topological polar surface area (TPSA) is 71.8 Å². The molecular weight excluding hydrogens is 386 g/mol. The molecule has 4 aromatic rings. The van der Waals surface area contributed by atoms with Crippen molar-refractivity contribution in [3.63, 3.8) is 0 Å². The molecule has 2 aromatic heterocycles.